The van der Waals surface area contributed by atoms with E-state index in [0.717, 1.165) is 0 Å². The van der Waals surface area contributed by atoms with Gasteiger partial charge in [0, 0.05) is 20.1 Å². The first-order valence-corrected chi connectivity index (χ1v) is 6.18. The Balaban J connectivity index is 2.56. The number of hydrogen-bond donors (Lipinski definition) is 1. The third kappa shape index (κ3) is 1.72. The summed E-state index contributed by atoms with van der Waals surface area (Å²) >= 11 is 5.42. The molecule has 0 saturated heterocycles. The summed E-state index contributed by atoms with van der Waals surface area (Å²) in [7, 11) is 1.99. The molecule has 14 heavy (non-hydrogen) atoms. The highest BCUT2D eigenvalue weighted by atomic mass is 79.9. The predicted octanol–water partition coefficient (Wildman–Crippen LogP) is 3.94. The Morgan fingerprint density at radius 3 is 2.86 bits per heavy atom. The van der Waals surface area contributed by atoms with Gasteiger partial charge in [0.05, 0.1) is 0 Å². The maximum Gasteiger partial charge on any atom is 0.0488 e. The van der Waals surface area contributed by atoms with Gasteiger partial charge in [-0.2, -0.15) is 0 Å². The second kappa shape index (κ2) is 4.01. The minimum Gasteiger partial charge on any atom is -0.313 e. The highest BCUT2D eigenvalue weighted by Gasteiger charge is 2.08. The molecule has 0 aliphatic rings. The van der Waals surface area contributed by atoms with Gasteiger partial charge in [0.15, 0.2) is 0 Å². The Bertz CT molecular complexity index is 449. The highest BCUT2D eigenvalue weighted by Crippen LogP contribution is 2.34. The summed E-state index contributed by atoms with van der Waals surface area (Å²) in [4.78, 5) is 1.38. The predicted molar refractivity (Wildman–Crippen MR) is 67.0 cm³/mol. The lowest BCUT2D eigenvalue weighted by Gasteiger charge is -2.05. The van der Waals surface area contributed by atoms with Gasteiger partial charge in [-0.1, -0.05) is 12.1 Å². The summed E-state index contributed by atoms with van der Waals surface area (Å²) in [5, 5.41) is 4.58. The molecule has 1 aromatic carbocycles. The second-order valence-electron chi connectivity index (χ2n) is 3.32. The average Bonchev–Trinajstić information content (AvgIpc) is 2.62. The van der Waals surface area contributed by atoms with Crippen LogP contribution >= 0.6 is 27.3 Å². The average molecular weight is 270 g/mol. The zero-order chi connectivity index (χ0) is 10.1. The van der Waals surface area contributed by atoms with Gasteiger partial charge in [0.1, 0.15) is 0 Å². The van der Waals surface area contributed by atoms with E-state index in [2.05, 4.69) is 52.4 Å². The molecule has 1 aromatic heterocycles. The van der Waals surface area contributed by atoms with Gasteiger partial charge in [-0.15, -0.1) is 11.3 Å². The SMILES string of the molecule is CNC(C)c1cc2cccc(Br)c2s1. The number of nitrogens with one attached hydrogen (secondary N) is 1. The molecule has 0 aliphatic carbocycles. The smallest absolute Gasteiger partial charge is 0.0488 e. The number of thiophene rings is 1. The molecule has 74 valence electrons. The summed E-state index contributed by atoms with van der Waals surface area (Å²) in [6.07, 6.45) is 0. The van der Waals surface area contributed by atoms with E-state index < -0.39 is 0 Å². The molecule has 1 nitrogen and oxygen atoms in total. The normalized spacial score (nSPS) is 13.4. The van der Waals surface area contributed by atoms with Gasteiger partial charge in [-0.05, 0) is 47.4 Å². The number of benzene rings is 1. The first kappa shape index (κ1) is 10.1. The zero-order valence-corrected chi connectivity index (χ0v) is 10.6. The molecule has 2 aromatic rings. The monoisotopic (exact) mass is 269 g/mol. The fourth-order valence-corrected chi connectivity index (χ4v) is 3.15. The first-order chi connectivity index (χ1) is 6.72. The van der Waals surface area contributed by atoms with Gasteiger partial charge in [-0.3, -0.25) is 0 Å². The molecule has 3 heteroatoms. The third-order valence-corrected chi connectivity index (χ3v) is 4.67. The van der Waals surface area contributed by atoms with Crippen LogP contribution in [0.2, 0.25) is 0 Å². The standard InChI is InChI=1S/C11H12BrNS/c1-7(13-2)10-6-8-4-3-5-9(12)11(8)14-10/h3-7,13H,1-2H3. The van der Waals surface area contributed by atoms with E-state index in [0.29, 0.717) is 6.04 Å². The largest absolute Gasteiger partial charge is 0.313 e. The molecule has 0 bridgehead atoms. The van der Waals surface area contributed by atoms with Gasteiger partial charge in [0.2, 0.25) is 0 Å². The Hall–Kier alpha value is -0.380. The molecule has 0 fully saturated rings. The number of rotatable bonds is 2. The lowest BCUT2D eigenvalue weighted by Crippen LogP contribution is -2.10. The molecule has 2 rings (SSSR count). The van der Waals surface area contributed by atoms with Crippen LogP contribution < -0.4 is 5.32 Å². The lowest BCUT2D eigenvalue weighted by atomic mass is 10.2. The summed E-state index contributed by atoms with van der Waals surface area (Å²) in [5.41, 5.74) is 0. The van der Waals surface area contributed by atoms with Crippen LogP contribution in [0.25, 0.3) is 10.1 Å². The van der Waals surface area contributed by atoms with Gasteiger partial charge in [0.25, 0.3) is 0 Å². The van der Waals surface area contributed by atoms with E-state index in [1.807, 2.05) is 18.4 Å². The number of halogens is 1. The van der Waals surface area contributed by atoms with Crippen molar-refractivity contribution in [2.75, 3.05) is 7.05 Å². The van der Waals surface area contributed by atoms with Crippen molar-refractivity contribution in [3.05, 3.63) is 33.6 Å². The third-order valence-electron chi connectivity index (χ3n) is 2.37. The maximum absolute atomic E-state index is 3.57. The summed E-state index contributed by atoms with van der Waals surface area (Å²) < 4.78 is 2.53. The molecular weight excluding hydrogens is 258 g/mol. The van der Waals surface area contributed by atoms with Crippen molar-refractivity contribution in [3.63, 3.8) is 0 Å². The van der Waals surface area contributed by atoms with Crippen LogP contribution in [0.4, 0.5) is 0 Å². The van der Waals surface area contributed by atoms with E-state index in [1.54, 1.807) is 0 Å². The van der Waals surface area contributed by atoms with Crippen LogP contribution in [0.15, 0.2) is 28.7 Å². The van der Waals surface area contributed by atoms with Crippen molar-refractivity contribution in [2.45, 2.75) is 13.0 Å². The molecule has 1 heterocycles. The molecule has 0 aliphatic heterocycles. The summed E-state index contributed by atoms with van der Waals surface area (Å²) in [6.45, 7) is 2.18. The van der Waals surface area contributed by atoms with Gasteiger partial charge >= 0.3 is 0 Å². The van der Waals surface area contributed by atoms with E-state index >= 15 is 0 Å². The quantitative estimate of drug-likeness (QED) is 0.871. The van der Waals surface area contributed by atoms with Crippen molar-refractivity contribution >= 4 is 37.4 Å². The Morgan fingerprint density at radius 1 is 1.43 bits per heavy atom. The molecule has 0 saturated carbocycles. The summed E-state index contributed by atoms with van der Waals surface area (Å²) in [6, 6.07) is 9.01. The molecule has 0 radical (unpaired) electrons. The van der Waals surface area contributed by atoms with Gasteiger partial charge < -0.3 is 5.32 Å². The Morgan fingerprint density at radius 2 is 2.21 bits per heavy atom. The fraction of sp³-hybridized carbons (Fsp3) is 0.273. The molecule has 1 unspecified atom stereocenters. The van der Waals surface area contributed by atoms with E-state index in [4.69, 9.17) is 0 Å². The van der Waals surface area contributed by atoms with Crippen molar-refractivity contribution in [2.24, 2.45) is 0 Å². The highest BCUT2D eigenvalue weighted by molar-refractivity contribution is 9.10. The van der Waals surface area contributed by atoms with Crippen molar-refractivity contribution in [1.82, 2.24) is 5.32 Å². The van der Waals surface area contributed by atoms with E-state index in [9.17, 15) is 0 Å². The second-order valence-corrected chi connectivity index (χ2v) is 5.26. The van der Waals surface area contributed by atoms with Crippen LogP contribution in [-0.2, 0) is 0 Å². The van der Waals surface area contributed by atoms with E-state index in [-0.39, 0.29) is 0 Å². The fourth-order valence-electron chi connectivity index (χ4n) is 1.40. The molecule has 1 atom stereocenters. The summed E-state index contributed by atoms with van der Waals surface area (Å²) in [5.74, 6) is 0. The molecule has 1 N–H and O–H groups in total. The zero-order valence-electron chi connectivity index (χ0n) is 8.17. The Kier molecular flexibility index (Phi) is 2.91. The van der Waals surface area contributed by atoms with Crippen LogP contribution in [0, 0.1) is 0 Å². The Labute approximate surface area is 96.3 Å². The molecule has 0 amide bonds. The lowest BCUT2D eigenvalue weighted by molar-refractivity contribution is 0.664. The minimum atomic E-state index is 0.430. The van der Waals surface area contributed by atoms with Crippen LogP contribution in [0.3, 0.4) is 0 Å². The number of hydrogen-bond acceptors (Lipinski definition) is 2. The van der Waals surface area contributed by atoms with Crippen molar-refractivity contribution in [3.8, 4) is 0 Å². The van der Waals surface area contributed by atoms with Crippen LogP contribution in [-0.4, -0.2) is 7.05 Å². The minimum absolute atomic E-state index is 0.430. The van der Waals surface area contributed by atoms with Crippen molar-refractivity contribution < 1.29 is 0 Å². The molecule has 0 spiro atoms. The number of fused-ring (bicyclic) bond motifs is 1. The maximum atomic E-state index is 3.57. The van der Waals surface area contributed by atoms with E-state index in [1.165, 1.54) is 19.4 Å². The molecular formula is C11H12BrNS. The van der Waals surface area contributed by atoms with Crippen LogP contribution in [0.5, 0.6) is 0 Å². The van der Waals surface area contributed by atoms with Crippen molar-refractivity contribution in [1.29, 1.82) is 0 Å². The van der Waals surface area contributed by atoms with Crippen LogP contribution in [0.1, 0.15) is 17.8 Å². The topological polar surface area (TPSA) is 12.0 Å². The first-order valence-electron chi connectivity index (χ1n) is 4.57. The van der Waals surface area contributed by atoms with Gasteiger partial charge in [-0.25, -0.2) is 0 Å².